The van der Waals surface area contributed by atoms with Crippen molar-refractivity contribution in [3.63, 3.8) is 0 Å². The highest BCUT2D eigenvalue weighted by Crippen LogP contribution is 2.31. The fourth-order valence-corrected chi connectivity index (χ4v) is 4.78. The molecule has 0 N–H and O–H groups in total. The van der Waals surface area contributed by atoms with Crippen LogP contribution in [0.4, 0.5) is 0 Å². The molecule has 33 heavy (non-hydrogen) atoms. The highest BCUT2D eigenvalue weighted by atomic mass is 16.5. The maximum atomic E-state index is 6.07. The van der Waals surface area contributed by atoms with E-state index in [0.717, 1.165) is 68.2 Å². The highest BCUT2D eigenvalue weighted by molar-refractivity contribution is 5.63. The molecular weight excluding hydrogens is 412 g/mol. The minimum atomic E-state index is 0.539. The minimum absolute atomic E-state index is 0.539. The summed E-state index contributed by atoms with van der Waals surface area (Å²) >= 11 is 0. The third-order valence-electron chi connectivity index (χ3n) is 6.54. The summed E-state index contributed by atoms with van der Waals surface area (Å²) in [6.07, 6.45) is 7.27. The average molecular weight is 445 g/mol. The second kappa shape index (κ2) is 10.2. The molecule has 1 aromatic heterocycles. The molecule has 0 aliphatic carbocycles. The predicted molar refractivity (Wildman–Crippen MR) is 130 cm³/mol. The molecule has 0 amide bonds. The number of rotatable bonds is 8. The number of likely N-dealkylation sites (tertiary alicyclic amines) is 1. The highest BCUT2D eigenvalue weighted by Gasteiger charge is 2.24. The Bertz CT molecular complexity index is 1080. The topological polar surface area (TPSA) is 51.9 Å². The Hall–Kier alpha value is -3.12. The van der Waals surface area contributed by atoms with E-state index in [-0.39, 0.29) is 0 Å². The number of ether oxygens (including phenoxy) is 2. The van der Waals surface area contributed by atoms with Crippen molar-refractivity contribution < 1.29 is 9.47 Å². The van der Waals surface area contributed by atoms with Gasteiger partial charge in [0.25, 0.3) is 0 Å². The normalized spacial score (nSPS) is 16.5. The van der Waals surface area contributed by atoms with Gasteiger partial charge in [-0.2, -0.15) is 0 Å². The van der Waals surface area contributed by atoms with Crippen molar-refractivity contribution in [2.24, 2.45) is 4.99 Å². The van der Waals surface area contributed by atoms with Gasteiger partial charge in [0.15, 0.2) is 11.5 Å². The van der Waals surface area contributed by atoms with Gasteiger partial charge in [-0.3, -0.25) is 9.89 Å². The van der Waals surface area contributed by atoms with Gasteiger partial charge in [0, 0.05) is 44.0 Å². The lowest BCUT2D eigenvalue weighted by molar-refractivity contribution is 0.178. The molecule has 2 aliphatic rings. The first kappa shape index (κ1) is 21.7. The van der Waals surface area contributed by atoms with Gasteiger partial charge in [0.2, 0.25) is 0 Å². The Morgan fingerprint density at radius 3 is 2.64 bits per heavy atom. The zero-order valence-electron chi connectivity index (χ0n) is 19.3. The summed E-state index contributed by atoms with van der Waals surface area (Å²) in [5, 5.41) is 0. The van der Waals surface area contributed by atoms with E-state index >= 15 is 0 Å². The number of fused-ring (bicyclic) bond motifs is 1. The van der Waals surface area contributed by atoms with E-state index in [1.54, 1.807) is 0 Å². The van der Waals surface area contributed by atoms with E-state index in [2.05, 4.69) is 49.8 Å². The summed E-state index contributed by atoms with van der Waals surface area (Å²) in [5.41, 5.74) is 4.92. The maximum Gasteiger partial charge on any atom is 0.161 e. The van der Waals surface area contributed by atoms with Crippen molar-refractivity contribution in [3.8, 4) is 11.5 Å². The van der Waals surface area contributed by atoms with Gasteiger partial charge in [-0.25, -0.2) is 4.98 Å². The largest absolute Gasteiger partial charge is 0.490 e. The first-order valence-electron chi connectivity index (χ1n) is 12.0. The molecule has 0 unspecified atom stereocenters. The van der Waals surface area contributed by atoms with E-state index in [0.29, 0.717) is 19.3 Å². The van der Waals surface area contributed by atoms with Gasteiger partial charge in [0.05, 0.1) is 25.2 Å². The Balaban J connectivity index is 1.19. The summed E-state index contributed by atoms with van der Waals surface area (Å²) in [4.78, 5) is 11.5. The third-order valence-corrected chi connectivity index (χ3v) is 6.54. The molecule has 3 aromatic rings. The molecule has 0 radical (unpaired) electrons. The van der Waals surface area contributed by atoms with Crippen LogP contribution in [0.2, 0.25) is 0 Å². The van der Waals surface area contributed by atoms with Crippen LogP contribution in [0.1, 0.15) is 48.3 Å². The zero-order chi connectivity index (χ0) is 22.5. The van der Waals surface area contributed by atoms with Crippen molar-refractivity contribution in [2.75, 3.05) is 19.7 Å². The first-order valence-corrected chi connectivity index (χ1v) is 12.0. The number of nitrogens with zero attached hydrogens (tertiary/aromatic N) is 4. The molecule has 0 saturated carbocycles. The van der Waals surface area contributed by atoms with Gasteiger partial charge in [-0.05, 0) is 43.0 Å². The number of aliphatic imine (C=N–C) groups is 1. The van der Waals surface area contributed by atoms with Crippen molar-refractivity contribution in [3.05, 3.63) is 77.4 Å². The second-order valence-corrected chi connectivity index (χ2v) is 8.77. The molecule has 1 fully saturated rings. The van der Waals surface area contributed by atoms with Crippen LogP contribution < -0.4 is 9.47 Å². The number of benzene rings is 2. The van der Waals surface area contributed by atoms with Crippen molar-refractivity contribution in [1.82, 2.24) is 14.5 Å². The lowest BCUT2D eigenvalue weighted by Crippen LogP contribution is -2.34. The molecule has 0 bridgehead atoms. The Morgan fingerprint density at radius 1 is 0.970 bits per heavy atom. The zero-order valence-corrected chi connectivity index (χ0v) is 19.3. The number of hydrogen-bond donors (Lipinski definition) is 0. The summed E-state index contributed by atoms with van der Waals surface area (Å²) in [6.45, 7) is 7.01. The van der Waals surface area contributed by atoms with Crippen LogP contribution in [-0.4, -0.2) is 40.4 Å². The van der Waals surface area contributed by atoms with Crippen LogP contribution in [0, 0.1) is 0 Å². The van der Waals surface area contributed by atoms with Crippen molar-refractivity contribution >= 4 is 6.21 Å². The molecular formula is C27H32N4O2. The summed E-state index contributed by atoms with van der Waals surface area (Å²) < 4.78 is 14.4. The summed E-state index contributed by atoms with van der Waals surface area (Å²) in [7, 11) is 0. The summed E-state index contributed by atoms with van der Waals surface area (Å²) in [6, 6.07) is 17.1. The Labute approximate surface area is 195 Å². The quantitative estimate of drug-likeness (QED) is 0.500. The van der Waals surface area contributed by atoms with Crippen LogP contribution in [0.3, 0.4) is 0 Å². The van der Waals surface area contributed by atoms with Gasteiger partial charge in [-0.1, -0.05) is 36.4 Å². The van der Waals surface area contributed by atoms with E-state index in [4.69, 9.17) is 9.47 Å². The van der Waals surface area contributed by atoms with Crippen LogP contribution >= 0.6 is 0 Å². The van der Waals surface area contributed by atoms with E-state index in [1.807, 2.05) is 37.7 Å². The summed E-state index contributed by atoms with van der Waals surface area (Å²) in [5.74, 6) is 1.63. The number of piperidine rings is 1. The molecule has 172 valence electrons. The fourth-order valence-electron chi connectivity index (χ4n) is 4.78. The molecule has 1 saturated heterocycles. The molecule has 6 nitrogen and oxygen atoms in total. The van der Waals surface area contributed by atoms with Crippen molar-refractivity contribution in [1.29, 1.82) is 0 Å². The molecule has 0 atom stereocenters. The monoisotopic (exact) mass is 444 g/mol. The van der Waals surface area contributed by atoms with Crippen molar-refractivity contribution in [2.45, 2.75) is 51.9 Å². The molecule has 2 aromatic carbocycles. The molecule has 6 heteroatoms. The molecule has 0 spiro atoms. The van der Waals surface area contributed by atoms with E-state index in [9.17, 15) is 0 Å². The third kappa shape index (κ3) is 5.11. The molecule has 5 rings (SSSR count). The Kier molecular flexibility index (Phi) is 6.72. The van der Waals surface area contributed by atoms with Gasteiger partial charge in [0.1, 0.15) is 6.61 Å². The van der Waals surface area contributed by atoms with Gasteiger partial charge in [-0.15, -0.1) is 0 Å². The van der Waals surface area contributed by atoms with Crippen LogP contribution in [0.25, 0.3) is 0 Å². The lowest BCUT2D eigenvalue weighted by atomic mass is 10.0. The number of hydrogen-bond acceptors (Lipinski definition) is 5. The van der Waals surface area contributed by atoms with E-state index < -0.39 is 0 Å². The minimum Gasteiger partial charge on any atom is -0.490 e. The standard InChI is InChI=1S/C27H32N4O2/c1-2-32-27-16-22(8-9-26(27)33-19-21-6-4-3-5-7-21)18-30-14-11-23(12-15-30)31-20-29-24-17-28-13-10-25(24)31/h3-9,13,16,20,23H,2,10-12,14-15,17-19H2,1H3. The van der Waals surface area contributed by atoms with Crippen LogP contribution in [-0.2, 0) is 26.1 Å². The molecule has 3 heterocycles. The van der Waals surface area contributed by atoms with Gasteiger partial charge >= 0.3 is 0 Å². The van der Waals surface area contributed by atoms with Gasteiger partial charge < -0.3 is 14.0 Å². The number of aromatic nitrogens is 2. The van der Waals surface area contributed by atoms with E-state index in [1.165, 1.54) is 11.3 Å². The lowest BCUT2D eigenvalue weighted by Gasteiger charge is -2.33. The predicted octanol–water partition coefficient (Wildman–Crippen LogP) is 4.82. The Morgan fingerprint density at radius 2 is 1.82 bits per heavy atom. The smallest absolute Gasteiger partial charge is 0.161 e. The second-order valence-electron chi connectivity index (χ2n) is 8.77. The average Bonchev–Trinajstić information content (AvgIpc) is 3.29. The maximum absolute atomic E-state index is 6.07. The fraction of sp³-hybridized carbons (Fsp3) is 0.407. The molecule has 2 aliphatic heterocycles. The van der Waals surface area contributed by atoms with Crippen LogP contribution in [0.15, 0.2) is 59.9 Å². The first-order chi connectivity index (χ1) is 16.3. The SMILES string of the molecule is CCOc1cc(CN2CCC(n3cnc4c3CC=NC4)CC2)ccc1OCc1ccccc1. The van der Waals surface area contributed by atoms with Crippen LogP contribution in [0.5, 0.6) is 11.5 Å². The number of imidazole rings is 1.